The lowest BCUT2D eigenvalue weighted by atomic mass is 10.1. The predicted octanol–water partition coefficient (Wildman–Crippen LogP) is 4.44. The van der Waals surface area contributed by atoms with E-state index in [1.807, 2.05) is 48.5 Å². The lowest BCUT2D eigenvalue weighted by Gasteiger charge is -2.12. The van der Waals surface area contributed by atoms with E-state index in [9.17, 15) is 0 Å². The molecule has 3 heteroatoms. The minimum Gasteiger partial charge on any atom is -0.489 e. The number of hydrogen-bond donors (Lipinski definition) is 1. The number of hydrogen-bond acceptors (Lipinski definition) is 2. The van der Waals surface area contributed by atoms with E-state index in [2.05, 4.69) is 22.9 Å². The Kier molecular flexibility index (Phi) is 5.00. The molecule has 0 aliphatic carbocycles. The van der Waals surface area contributed by atoms with Gasteiger partial charge in [-0.15, -0.1) is 0 Å². The van der Waals surface area contributed by atoms with Crippen molar-refractivity contribution in [3.63, 3.8) is 0 Å². The second kappa shape index (κ2) is 6.73. The monoisotopic (exact) mass is 319 g/mol. The van der Waals surface area contributed by atoms with Crippen molar-refractivity contribution in [2.24, 2.45) is 5.73 Å². The summed E-state index contributed by atoms with van der Waals surface area (Å²) in [4.78, 5) is 0. The van der Waals surface area contributed by atoms with Gasteiger partial charge in [0, 0.05) is 16.1 Å². The van der Waals surface area contributed by atoms with Gasteiger partial charge in [-0.3, -0.25) is 0 Å². The summed E-state index contributed by atoms with van der Waals surface area (Å²) >= 11 is 3.52. The highest BCUT2D eigenvalue weighted by molar-refractivity contribution is 9.10. The van der Waals surface area contributed by atoms with Crippen molar-refractivity contribution in [1.82, 2.24) is 0 Å². The van der Waals surface area contributed by atoms with Crippen LogP contribution in [0.4, 0.5) is 0 Å². The van der Waals surface area contributed by atoms with Crippen molar-refractivity contribution in [1.29, 1.82) is 0 Å². The average molecular weight is 320 g/mol. The molecule has 0 aliphatic heterocycles. The van der Waals surface area contributed by atoms with Crippen LogP contribution in [0.25, 0.3) is 0 Å². The van der Waals surface area contributed by atoms with Gasteiger partial charge in [0.2, 0.25) is 0 Å². The number of rotatable bonds is 5. The summed E-state index contributed by atoms with van der Waals surface area (Å²) in [5.74, 6) is 0.858. The quantitative estimate of drug-likeness (QED) is 0.884. The molecule has 0 saturated carbocycles. The molecule has 1 atom stereocenters. The van der Waals surface area contributed by atoms with Crippen molar-refractivity contribution in [3.8, 4) is 5.75 Å². The van der Waals surface area contributed by atoms with Crippen LogP contribution >= 0.6 is 15.9 Å². The van der Waals surface area contributed by atoms with Crippen molar-refractivity contribution in [2.45, 2.75) is 26.0 Å². The van der Waals surface area contributed by atoms with Gasteiger partial charge in [0.05, 0.1) is 0 Å². The Balaban J connectivity index is 2.06. The Hall–Kier alpha value is -1.32. The molecule has 19 heavy (non-hydrogen) atoms. The van der Waals surface area contributed by atoms with Crippen LogP contribution in [0.5, 0.6) is 5.75 Å². The van der Waals surface area contributed by atoms with Crippen molar-refractivity contribution in [3.05, 3.63) is 64.1 Å². The first-order chi connectivity index (χ1) is 9.20. The molecule has 100 valence electrons. The highest BCUT2D eigenvalue weighted by Gasteiger charge is 2.05. The van der Waals surface area contributed by atoms with Crippen molar-refractivity contribution >= 4 is 15.9 Å². The van der Waals surface area contributed by atoms with Gasteiger partial charge in [0.25, 0.3) is 0 Å². The van der Waals surface area contributed by atoms with Crippen LogP contribution in [-0.2, 0) is 6.61 Å². The van der Waals surface area contributed by atoms with Gasteiger partial charge >= 0.3 is 0 Å². The first-order valence-electron chi connectivity index (χ1n) is 6.42. The van der Waals surface area contributed by atoms with E-state index in [-0.39, 0.29) is 6.04 Å². The Morgan fingerprint density at radius 3 is 2.68 bits per heavy atom. The molecular formula is C16H18BrNO. The molecule has 0 saturated heterocycles. The summed E-state index contributed by atoms with van der Waals surface area (Å²) in [5, 5.41) is 0. The average Bonchev–Trinajstić information content (AvgIpc) is 2.46. The molecule has 2 nitrogen and oxygen atoms in total. The smallest absolute Gasteiger partial charge is 0.120 e. The highest BCUT2D eigenvalue weighted by Crippen LogP contribution is 2.22. The number of benzene rings is 2. The number of halogens is 1. The van der Waals surface area contributed by atoms with Crippen LogP contribution in [-0.4, -0.2) is 0 Å². The van der Waals surface area contributed by atoms with Gasteiger partial charge in [0.15, 0.2) is 0 Å². The standard InChI is InChI=1S/C16H18BrNO/c1-2-16(18)12-7-5-8-14(10-12)19-11-13-6-3-4-9-15(13)17/h3-10,16H,2,11,18H2,1H3. The van der Waals surface area contributed by atoms with E-state index < -0.39 is 0 Å². The minimum absolute atomic E-state index is 0.0759. The molecular weight excluding hydrogens is 302 g/mol. The van der Waals surface area contributed by atoms with Crippen LogP contribution in [0.2, 0.25) is 0 Å². The van der Waals surface area contributed by atoms with Crippen LogP contribution in [0.15, 0.2) is 53.0 Å². The summed E-state index contributed by atoms with van der Waals surface area (Å²) < 4.78 is 6.89. The van der Waals surface area contributed by atoms with E-state index in [1.54, 1.807) is 0 Å². The van der Waals surface area contributed by atoms with Gasteiger partial charge in [-0.05, 0) is 30.2 Å². The van der Waals surface area contributed by atoms with E-state index in [4.69, 9.17) is 10.5 Å². The molecule has 0 fully saturated rings. The number of ether oxygens (including phenoxy) is 1. The third kappa shape index (κ3) is 3.82. The fourth-order valence-corrected chi connectivity index (χ4v) is 2.25. The van der Waals surface area contributed by atoms with Crippen molar-refractivity contribution in [2.75, 3.05) is 0 Å². The van der Waals surface area contributed by atoms with Gasteiger partial charge in [-0.1, -0.05) is 53.2 Å². The summed E-state index contributed by atoms with van der Waals surface area (Å²) in [5.41, 5.74) is 8.28. The Bertz CT molecular complexity index is 542. The van der Waals surface area contributed by atoms with Gasteiger partial charge in [-0.25, -0.2) is 0 Å². The third-order valence-electron chi connectivity index (χ3n) is 3.08. The lowest BCUT2D eigenvalue weighted by molar-refractivity contribution is 0.305. The molecule has 0 amide bonds. The highest BCUT2D eigenvalue weighted by atomic mass is 79.9. The van der Waals surface area contributed by atoms with E-state index in [0.717, 1.165) is 27.8 Å². The van der Waals surface area contributed by atoms with E-state index in [1.165, 1.54) is 0 Å². The van der Waals surface area contributed by atoms with Crippen LogP contribution in [0.3, 0.4) is 0 Å². The van der Waals surface area contributed by atoms with Crippen LogP contribution in [0, 0.1) is 0 Å². The third-order valence-corrected chi connectivity index (χ3v) is 3.85. The normalized spacial score (nSPS) is 12.2. The first kappa shape index (κ1) is 14.1. The van der Waals surface area contributed by atoms with Gasteiger partial charge in [-0.2, -0.15) is 0 Å². The maximum Gasteiger partial charge on any atom is 0.120 e. The molecule has 0 aliphatic rings. The van der Waals surface area contributed by atoms with E-state index >= 15 is 0 Å². The van der Waals surface area contributed by atoms with Gasteiger partial charge in [0.1, 0.15) is 12.4 Å². The summed E-state index contributed by atoms with van der Waals surface area (Å²) in [6.07, 6.45) is 0.924. The van der Waals surface area contributed by atoms with Crippen molar-refractivity contribution < 1.29 is 4.74 Å². The molecule has 1 unspecified atom stereocenters. The molecule has 2 N–H and O–H groups in total. The predicted molar refractivity (Wildman–Crippen MR) is 82.1 cm³/mol. The maximum absolute atomic E-state index is 6.03. The molecule has 2 aromatic rings. The molecule has 0 bridgehead atoms. The molecule has 0 aromatic heterocycles. The zero-order valence-electron chi connectivity index (χ0n) is 11.0. The molecule has 0 heterocycles. The number of nitrogens with two attached hydrogens (primary N) is 1. The Labute approximate surface area is 122 Å². The molecule has 0 spiro atoms. The second-order valence-corrected chi connectivity index (χ2v) is 5.32. The maximum atomic E-state index is 6.03. The van der Waals surface area contributed by atoms with Crippen LogP contribution < -0.4 is 10.5 Å². The zero-order chi connectivity index (χ0) is 13.7. The Morgan fingerprint density at radius 1 is 1.16 bits per heavy atom. The molecule has 0 radical (unpaired) electrons. The summed E-state index contributed by atoms with van der Waals surface area (Å²) in [6, 6.07) is 16.1. The topological polar surface area (TPSA) is 35.2 Å². The summed E-state index contributed by atoms with van der Waals surface area (Å²) in [6.45, 7) is 2.63. The second-order valence-electron chi connectivity index (χ2n) is 4.47. The minimum atomic E-state index is 0.0759. The lowest BCUT2D eigenvalue weighted by Crippen LogP contribution is -2.08. The Morgan fingerprint density at radius 2 is 1.95 bits per heavy atom. The fraction of sp³-hybridized carbons (Fsp3) is 0.250. The molecule has 2 rings (SSSR count). The van der Waals surface area contributed by atoms with Crippen LogP contribution in [0.1, 0.15) is 30.5 Å². The molecule has 2 aromatic carbocycles. The SMILES string of the molecule is CCC(N)c1cccc(OCc2ccccc2Br)c1. The summed E-state index contributed by atoms with van der Waals surface area (Å²) in [7, 11) is 0. The van der Waals surface area contributed by atoms with E-state index in [0.29, 0.717) is 6.61 Å². The first-order valence-corrected chi connectivity index (χ1v) is 7.21. The van der Waals surface area contributed by atoms with Gasteiger partial charge < -0.3 is 10.5 Å². The largest absolute Gasteiger partial charge is 0.489 e. The zero-order valence-corrected chi connectivity index (χ0v) is 12.6. The fourth-order valence-electron chi connectivity index (χ4n) is 1.85.